The van der Waals surface area contributed by atoms with Crippen LogP contribution in [0, 0.1) is 5.82 Å². The van der Waals surface area contributed by atoms with E-state index in [2.05, 4.69) is 15.9 Å². The minimum Gasteiger partial charge on any atom is -0.503 e. The summed E-state index contributed by atoms with van der Waals surface area (Å²) in [5, 5.41) is 9.69. The third-order valence-corrected chi connectivity index (χ3v) is 5.73. The highest BCUT2D eigenvalue weighted by Crippen LogP contribution is 2.38. The van der Waals surface area contributed by atoms with Crippen LogP contribution in [0.1, 0.15) is 18.1 Å². The lowest BCUT2D eigenvalue weighted by atomic mass is 10.1. The molecule has 5 nitrogen and oxygen atoms in total. The summed E-state index contributed by atoms with van der Waals surface area (Å²) in [6.45, 7) is 2.09. The maximum atomic E-state index is 13.2. The van der Waals surface area contributed by atoms with Crippen molar-refractivity contribution in [2.45, 2.75) is 13.5 Å². The molecule has 0 unspecified atom stereocenters. The van der Waals surface area contributed by atoms with Crippen molar-refractivity contribution in [2.75, 3.05) is 6.61 Å². The van der Waals surface area contributed by atoms with Crippen molar-refractivity contribution in [2.24, 2.45) is 0 Å². The molecule has 1 aliphatic rings. The van der Waals surface area contributed by atoms with Crippen LogP contribution in [-0.2, 0) is 11.3 Å². The van der Waals surface area contributed by atoms with Gasteiger partial charge in [0.15, 0.2) is 11.5 Å². The van der Waals surface area contributed by atoms with Crippen molar-refractivity contribution in [1.82, 2.24) is 4.90 Å². The second kappa shape index (κ2) is 8.55. The normalized spacial score (nSPS) is 15.6. The third kappa shape index (κ3) is 4.34. The van der Waals surface area contributed by atoms with E-state index in [-0.39, 0.29) is 28.0 Å². The zero-order chi connectivity index (χ0) is 20.4. The second-order valence-electron chi connectivity index (χ2n) is 5.79. The van der Waals surface area contributed by atoms with Crippen LogP contribution in [0.15, 0.2) is 39.7 Å². The quantitative estimate of drug-likeness (QED) is 0.559. The van der Waals surface area contributed by atoms with Gasteiger partial charge in [-0.3, -0.25) is 14.5 Å². The van der Waals surface area contributed by atoms with Crippen LogP contribution in [-0.4, -0.2) is 27.8 Å². The van der Waals surface area contributed by atoms with Gasteiger partial charge in [0.1, 0.15) is 5.82 Å². The fourth-order valence-electron chi connectivity index (χ4n) is 2.55. The van der Waals surface area contributed by atoms with Crippen molar-refractivity contribution in [3.8, 4) is 11.5 Å². The maximum Gasteiger partial charge on any atom is 0.293 e. The fraction of sp³-hybridized carbons (Fsp3) is 0.158. The van der Waals surface area contributed by atoms with Gasteiger partial charge < -0.3 is 9.84 Å². The van der Waals surface area contributed by atoms with Gasteiger partial charge in [-0.15, -0.1) is 0 Å². The third-order valence-electron chi connectivity index (χ3n) is 3.87. The highest BCUT2D eigenvalue weighted by atomic mass is 79.9. The number of phenols is 1. The van der Waals surface area contributed by atoms with E-state index in [9.17, 15) is 19.1 Å². The monoisotopic (exact) mass is 485 g/mol. The zero-order valence-electron chi connectivity index (χ0n) is 14.5. The van der Waals surface area contributed by atoms with E-state index in [0.29, 0.717) is 22.2 Å². The van der Waals surface area contributed by atoms with Gasteiger partial charge in [-0.2, -0.15) is 0 Å². The Labute approximate surface area is 178 Å². The topological polar surface area (TPSA) is 66.8 Å². The molecule has 1 fully saturated rings. The predicted molar refractivity (Wildman–Crippen MR) is 110 cm³/mol. The first-order chi connectivity index (χ1) is 13.3. The molecule has 0 bridgehead atoms. The Morgan fingerprint density at radius 3 is 2.75 bits per heavy atom. The molecule has 0 radical (unpaired) electrons. The molecule has 0 aromatic heterocycles. The summed E-state index contributed by atoms with van der Waals surface area (Å²) in [6, 6.07) is 6.99. The Balaban J connectivity index is 1.87. The summed E-state index contributed by atoms with van der Waals surface area (Å²) in [6.07, 6.45) is 1.55. The number of aromatic hydroxyl groups is 1. The summed E-state index contributed by atoms with van der Waals surface area (Å²) in [5.74, 6) is -0.748. The van der Waals surface area contributed by atoms with Gasteiger partial charge in [-0.05, 0) is 76.1 Å². The van der Waals surface area contributed by atoms with Crippen LogP contribution >= 0.6 is 39.3 Å². The Hall–Kier alpha value is -2.03. The predicted octanol–water partition coefficient (Wildman–Crippen LogP) is 5.58. The molecule has 0 saturated carbocycles. The number of ether oxygens (including phenoxy) is 1. The summed E-state index contributed by atoms with van der Waals surface area (Å²) in [7, 11) is 0. The number of carbonyl (C=O) groups is 2. The molecule has 2 aromatic rings. The van der Waals surface area contributed by atoms with Crippen LogP contribution in [0.2, 0.25) is 5.02 Å². The van der Waals surface area contributed by atoms with Crippen molar-refractivity contribution in [1.29, 1.82) is 0 Å². The summed E-state index contributed by atoms with van der Waals surface area (Å²) >= 11 is 10.0. The molecular formula is C19H14BrClFNO4S. The molecule has 1 N–H and O–H groups in total. The number of imide groups is 1. The molecule has 0 atom stereocenters. The second-order valence-corrected chi connectivity index (χ2v) is 8.04. The Bertz CT molecular complexity index is 998. The number of halogens is 3. The SMILES string of the molecule is CCOc1cc(C=C2SC(=O)N(Cc3ccc(F)cc3Cl)C2=O)cc(Br)c1O. The molecule has 2 aromatic carbocycles. The minimum absolute atomic E-state index is 0.0435. The molecule has 9 heteroatoms. The molecule has 1 saturated heterocycles. The standard InChI is InChI=1S/C19H14BrClFNO4S/c1-2-27-15-6-10(5-13(20)17(15)24)7-16-18(25)23(19(26)28-16)9-11-3-4-12(22)8-14(11)21/h3-8,24H,2,9H2,1H3. The van der Waals surface area contributed by atoms with Gasteiger partial charge in [0.2, 0.25) is 0 Å². The van der Waals surface area contributed by atoms with E-state index in [1.165, 1.54) is 12.1 Å². The Kier molecular flexibility index (Phi) is 6.32. The molecule has 2 amide bonds. The molecule has 0 spiro atoms. The molecule has 146 valence electrons. The van der Waals surface area contributed by atoms with Crippen LogP contribution in [0.3, 0.4) is 0 Å². The van der Waals surface area contributed by atoms with Gasteiger partial charge >= 0.3 is 0 Å². The summed E-state index contributed by atoms with van der Waals surface area (Å²) in [4.78, 5) is 26.2. The number of benzene rings is 2. The largest absolute Gasteiger partial charge is 0.503 e. The number of thioether (sulfide) groups is 1. The van der Waals surface area contributed by atoms with E-state index in [4.69, 9.17) is 16.3 Å². The smallest absolute Gasteiger partial charge is 0.293 e. The zero-order valence-corrected chi connectivity index (χ0v) is 17.7. The van der Waals surface area contributed by atoms with Crippen LogP contribution < -0.4 is 4.74 Å². The lowest BCUT2D eigenvalue weighted by Gasteiger charge is -2.13. The number of rotatable bonds is 5. The van der Waals surface area contributed by atoms with Crippen molar-refractivity contribution in [3.63, 3.8) is 0 Å². The van der Waals surface area contributed by atoms with E-state index < -0.39 is 17.0 Å². The molecular weight excluding hydrogens is 473 g/mol. The van der Waals surface area contributed by atoms with Gasteiger partial charge in [-0.1, -0.05) is 17.7 Å². The van der Waals surface area contributed by atoms with Crippen molar-refractivity contribution in [3.05, 3.63) is 61.7 Å². The summed E-state index contributed by atoms with van der Waals surface area (Å²) < 4.78 is 19.0. The maximum absolute atomic E-state index is 13.2. The lowest BCUT2D eigenvalue weighted by molar-refractivity contribution is -0.123. The number of hydrogen-bond donors (Lipinski definition) is 1. The van der Waals surface area contributed by atoms with Crippen molar-refractivity contribution < 1.29 is 23.8 Å². The number of nitrogens with zero attached hydrogens (tertiary/aromatic N) is 1. The first-order valence-corrected chi connectivity index (χ1v) is 10.1. The molecule has 28 heavy (non-hydrogen) atoms. The van der Waals surface area contributed by atoms with Crippen molar-refractivity contribution >= 4 is 56.5 Å². The van der Waals surface area contributed by atoms with Gasteiger partial charge in [0, 0.05) is 5.02 Å². The number of carbonyl (C=O) groups excluding carboxylic acids is 2. The number of phenolic OH excluding ortho intramolecular Hbond substituents is 1. The Morgan fingerprint density at radius 2 is 2.07 bits per heavy atom. The molecule has 3 rings (SSSR count). The highest BCUT2D eigenvalue weighted by molar-refractivity contribution is 9.10. The van der Waals surface area contributed by atoms with Gasteiger partial charge in [-0.25, -0.2) is 4.39 Å². The Morgan fingerprint density at radius 1 is 1.32 bits per heavy atom. The molecule has 1 heterocycles. The van der Waals surface area contributed by atoms with E-state index >= 15 is 0 Å². The molecule has 0 aliphatic carbocycles. The first kappa shape index (κ1) is 20.7. The average molecular weight is 487 g/mol. The van der Waals surface area contributed by atoms with Crippen LogP contribution in [0.5, 0.6) is 11.5 Å². The number of amides is 2. The lowest BCUT2D eigenvalue weighted by Crippen LogP contribution is -2.27. The van der Waals surface area contributed by atoms with E-state index in [1.54, 1.807) is 25.1 Å². The van der Waals surface area contributed by atoms with Gasteiger partial charge in [0.05, 0.1) is 22.5 Å². The molecule has 1 aliphatic heterocycles. The van der Waals surface area contributed by atoms with Crippen LogP contribution in [0.25, 0.3) is 6.08 Å². The van der Waals surface area contributed by atoms with Gasteiger partial charge in [0.25, 0.3) is 11.1 Å². The van der Waals surface area contributed by atoms with E-state index in [0.717, 1.165) is 22.7 Å². The van der Waals surface area contributed by atoms with Crippen LogP contribution in [0.4, 0.5) is 9.18 Å². The highest BCUT2D eigenvalue weighted by Gasteiger charge is 2.35. The summed E-state index contributed by atoms with van der Waals surface area (Å²) in [5.41, 5.74) is 1.05. The van der Waals surface area contributed by atoms with E-state index in [1.807, 2.05) is 0 Å². The minimum atomic E-state index is -0.495. The average Bonchev–Trinajstić information content (AvgIpc) is 2.89. The number of hydrogen-bond acceptors (Lipinski definition) is 5. The fourth-order valence-corrected chi connectivity index (χ4v) is 4.08. The first-order valence-electron chi connectivity index (χ1n) is 8.14.